The van der Waals surface area contributed by atoms with E-state index in [0.29, 0.717) is 23.2 Å². The molecule has 0 spiro atoms. The lowest BCUT2D eigenvalue weighted by Crippen LogP contribution is -2.19. The first kappa shape index (κ1) is 16.5. The molecular formula is C19H17F2N5. The van der Waals surface area contributed by atoms with Gasteiger partial charge < -0.3 is 4.57 Å². The van der Waals surface area contributed by atoms with Crippen LogP contribution < -0.4 is 0 Å². The Labute approximate surface area is 148 Å². The van der Waals surface area contributed by atoms with Gasteiger partial charge in [0.1, 0.15) is 11.3 Å². The monoisotopic (exact) mass is 353 g/mol. The first-order chi connectivity index (χ1) is 12.4. The van der Waals surface area contributed by atoms with Crippen molar-refractivity contribution in [1.29, 1.82) is 0 Å². The highest BCUT2D eigenvalue weighted by atomic mass is 19.2. The van der Waals surface area contributed by atoms with Crippen LogP contribution in [0.3, 0.4) is 0 Å². The Balaban J connectivity index is 1.94. The van der Waals surface area contributed by atoms with Crippen molar-refractivity contribution in [3.8, 4) is 0 Å². The van der Waals surface area contributed by atoms with E-state index in [1.165, 1.54) is 6.20 Å². The minimum absolute atomic E-state index is 0.0234. The predicted octanol–water partition coefficient (Wildman–Crippen LogP) is 4.00. The first-order valence-corrected chi connectivity index (χ1v) is 8.25. The maximum Gasteiger partial charge on any atom is 0.197 e. The van der Waals surface area contributed by atoms with E-state index in [9.17, 15) is 8.78 Å². The standard InChI is InChI=1S/C19H17F2N5/c1-19(2,3)18-25-16-17(24-9-8-23-16)26(18)10-11-6-7-22-15-12(11)4-5-13(20)14(15)21/h4-9H,10H2,1-3H3. The molecule has 26 heavy (non-hydrogen) atoms. The number of hydrogen-bond acceptors (Lipinski definition) is 4. The molecule has 0 saturated heterocycles. The smallest absolute Gasteiger partial charge is 0.197 e. The van der Waals surface area contributed by atoms with Gasteiger partial charge in [0.05, 0.1) is 6.54 Å². The fourth-order valence-corrected chi connectivity index (χ4v) is 3.10. The molecule has 0 atom stereocenters. The van der Waals surface area contributed by atoms with Gasteiger partial charge in [0.15, 0.2) is 22.9 Å². The van der Waals surface area contributed by atoms with Crippen LogP contribution in [0.5, 0.6) is 0 Å². The van der Waals surface area contributed by atoms with Crippen LogP contribution in [0.4, 0.5) is 8.78 Å². The molecule has 3 heterocycles. The summed E-state index contributed by atoms with van der Waals surface area (Å²) in [7, 11) is 0. The van der Waals surface area contributed by atoms with E-state index in [1.807, 2.05) is 4.57 Å². The number of benzene rings is 1. The van der Waals surface area contributed by atoms with E-state index in [4.69, 9.17) is 0 Å². The maximum absolute atomic E-state index is 14.1. The van der Waals surface area contributed by atoms with E-state index < -0.39 is 11.6 Å². The van der Waals surface area contributed by atoms with Crippen molar-refractivity contribution in [3.63, 3.8) is 0 Å². The van der Waals surface area contributed by atoms with E-state index in [1.54, 1.807) is 24.5 Å². The Morgan fingerprint density at radius 1 is 0.962 bits per heavy atom. The van der Waals surface area contributed by atoms with Crippen LogP contribution in [-0.2, 0) is 12.0 Å². The highest BCUT2D eigenvalue weighted by molar-refractivity contribution is 5.82. The number of hydrogen-bond donors (Lipinski definition) is 0. The van der Waals surface area contributed by atoms with Gasteiger partial charge in [0.25, 0.3) is 0 Å². The predicted molar refractivity (Wildman–Crippen MR) is 94.8 cm³/mol. The number of pyridine rings is 1. The molecule has 4 aromatic rings. The van der Waals surface area contributed by atoms with Crippen LogP contribution in [0.15, 0.2) is 36.8 Å². The number of halogens is 2. The molecule has 4 rings (SSSR count). The molecule has 3 aromatic heterocycles. The Kier molecular flexibility index (Phi) is 3.68. The van der Waals surface area contributed by atoms with E-state index >= 15 is 0 Å². The molecule has 0 radical (unpaired) electrons. The normalized spacial score (nSPS) is 12.2. The van der Waals surface area contributed by atoms with Crippen molar-refractivity contribution < 1.29 is 8.78 Å². The summed E-state index contributed by atoms with van der Waals surface area (Å²) < 4.78 is 29.6. The van der Waals surface area contributed by atoms with Crippen LogP contribution >= 0.6 is 0 Å². The third-order valence-electron chi connectivity index (χ3n) is 4.28. The lowest BCUT2D eigenvalue weighted by atomic mass is 9.95. The zero-order valence-electron chi connectivity index (χ0n) is 14.7. The second-order valence-corrected chi connectivity index (χ2v) is 7.20. The summed E-state index contributed by atoms with van der Waals surface area (Å²) in [5.41, 5.74) is 1.82. The van der Waals surface area contributed by atoms with Crippen LogP contribution in [0.2, 0.25) is 0 Å². The van der Waals surface area contributed by atoms with Crippen molar-refractivity contribution in [3.05, 3.63) is 59.8 Å². The quantitative estimate of drug-likeness (QED) is 0.547. The van der Waals surface area contributed by atoms with Gasteiger partial charge in [-0.25, -0.2) is 23.7 Å². The van der Waals surface area contributed by atoms with Gasteiger partial charge in [-0.15, -0.1) is 0 Å². The maximum atomic E-state index is 14.1. The van der Waals surface area contributed by atoms with Gasteiger partial charge in [-0.05, 0) is 23.8 Å². The number of nitrogens with zero attached hydrogens (tertiary/aromatic N) is 5. The topological polar surface area (TPSA) is 56.5 Å². The van der Waals surface area contributed by atoms with Crippen molar-refractivity contribution in [2.45, 2.75) is 32.7 Å². The fourth-order valence-electron chi connectivity index (χ4n) is 3.10. The molecular weight excluding hydrogens is 336 g/mol. The van der Waals surface area contributed by atoms with E-state index in [2.05, 4.69) is 40.7 Å². The fraction of sp³-hybridized carbons (Fsp3) is 0.263. The lowest BCUT2D eigenvalue weighted by Gasteiger charge is -2.20. The summed E-state index contributed by atoms with van der Waals surface area (Å²) in [6.45, 7) is 6.59. The number of imidazole rings is 1. The van der Waals surface area contributed by atoms with Gasteiger partial charge in [-0.1, -0.05) is 20.8 Å². The Morgan fingerprint density at radius 3 is 2.50 bits per heavy atom. The Morgan fingerprint density at radius 2 is 1.73 bits per heavy atom. The lowest BCUT2D eigenvalue weighted by molar-refractivity contribution is 0.513. The second kappa shape index (κ2) is 5.79. The molecule has 1 aromatic carbocycles. The second-order valence-electron chi connectivity index (χ2n) is 7.20. The molecule has 0 saturated carbocycles. The molecule has 132 valence electrons. The molecule has 0 N–H and O–H groups in total. The molecule has 0 aliphatic rings. The molecule has 0 unspecified atom stereocenters. The highest BCUT2D eigenvalue weighted by Gasteiger charge is 2.24. The average molecular weight is 353 g/mol. The molecule has 7 heteroatoms. The summed E-state index contributed by atoms with van der Waals surface area (Å²) in [5, 5.41) is 0.567. The summed E-state index contributed by atoms with van der Waals surface area (Å²) >= 11 is 0. The molecule has 0 aliphatic carbocycles. The zero-order chi connectivity index (χ0) is 18.5. The third-order valence-corrected chi connectivity index (χ3v) is 4.28. The molecule has 0 aliphatic heterocycles. The summed E-state index contributed by atoms with van der Waals surface area (Å²) in [5.74, 6) is -1.02. The average Bonchev–Trinajstić information content (AvgIpc) is 2.98. The van der Waals surface area contributed by atoms with Crippen molar-refractivity contribution >= 4 is 22.2 Å². The SMILES string of the molecule is CC(C)(C)c1nc2nccnc2n1Cc1ccnc2c(F)c(F)ccc12. The van der Waals surface area contributed by atoms with E-state index in [-0.39, 0.29) is 10.9 Å². The summed E-state index contributed by atoms with van der Waals surface area (Å²) in [4.78, 5) is 17.3. The highest BCUT2D eigenvalue weighted by Crippen LogP contribution is 2.28. The van der Waals surface area contributed by atoms with Crippen LogP contribution in [0.25, 0.3) is 22.2 Å². The van der Waals surface area contributed by atoms with Gasteiger partial charge in [-0.3, -0.25) is 4.98 Å². The van der Waals surface area contributed by atoms with Crippen molar-refractivity contribution in [1.82, 2.24) is 24.5 Å². The van der Waals surface area contributed by atoms with Crippen molar-refractivity contribution in [2.24, 2.45) is 0 Å². The summed E-state index contributed by atoms with van der Waals surface area (Å²) in [6, 6.07) is 4.48. The zero-order valence-corrected chi connectivity index (χ0v) is 14.7. The van der Waals surface area contributed by atoms with Crippen molar-refractivity contribution in [2.75, 3.05) is 0 Å². The van der Waals surface area contributed by atoms with Crippen LogP contribution in [-0.4, -0.2) is 24.5 Å². The molecule has 0 amide bonds. The minimum atomic E-state index is -0.935. The molecule has 0 fully saturated rings. The van der Waals surface area contributed by atoms with Gasteiger partial charge in [0, 0.05) is 29.4 Å². The molecule has 0 bridgehead atoms. The minimum Gasteiger partial charge on any atom is -0.306 e. The number of rotatable bonds is 2. The Bertz CT molecular complexity index is 1130. The number of fused-ring (bicyclic) bond motifs is 2. The molecule has 5 nitrogen and oxygen atoms in total. The van der Waals surface area contributed by atoms with E-state index in [0.717, 1.165) is 17.5 Å². The third kappa shape index (κ3) is 2.60. The van der Waals surface area contributed by atoms with Gasteiger partial charge in [0.2, 0.25) is 0 Å². The van der Waals surface area contributed by atoms with Gasteiger partial charge in [-0.2, -0.15) is 0 Å². The summed E-state index contributed by atoms with van der Waals surface area (Å²) in [6.07, 6.45) is 4.71. The first-order valence-electron chi connectivity index (χ1n) is 8.25. The van der Waals surface area contributed by atoms with Gasteiger partial charge >= 0.3 is 0 Å². The van der Waals surface area contributed by atoms with Crippen LogP contribution in [0.1, 0.15) is 32.2 Å². The van der Waals surface area contributed by atoms with Crippen LogP contribution in [0, 0.1) is 11.6 Å². The number of aromatic nitrogens is 5. The largest absolute Gasteiger partial charge is 0.306 e. The Hall–Kier alpha value is -2.96.